The van der Waals surface area contributed by atoms with Crippen molar-refractivity contribution in [3.05, 3.63) is 65.0 Å². The molecular formula is C26H29F2N3O2. The van der Waals surface area contributed by atoms with E-state index in [1.807, 2.05) is 6.07 Å². The van der Waals surface area contributed by atoms with Gasteiger partial charge >= 0.3 is 5.97 Å². The first kappa shape index (κ1) is 22.0. The largest absolute Gasteiger partial charge is 0.469 e. The monoisotopic (exact) mass is 453 g/mol. The number of methoxy groups -OCH3 is 1. The summed E-state index contributed by atoms with van der Waals surface area (Å²) in [6, 6.07) is 12.0. The number of hydrogen-bond donors (Lipinski definition) is 1. The van der Waals surface area contributed by atoms with Crippen molar-refractivity contribution >= 4 is 17.0 Å². The van der Waals surface area contributed by atoms with Gasteiger partial charge in [-0.3, -0.25) is 4.79 Å². The molecule has 2 aromatic carbocycles. The number of halogens is 2. The van der Waals surface area contributed by atoms with E-state index in [9.17, 15) is 4.79 Å². The van der Waals surface area contributed by atoms with Gasteiger partial charge in [-0.25, -0.2) is 4.98 Å². The highest BCUT2D eigenvalue weighted by Crippen LogP contribution is 2.40. The van der Waals surface area contributed by atoms with Crippen LogP contribution in [-0.4, -0.2) is 29.2 Å². The minimum Gasteiger partial charge on any atom is -0.469 e. The van der Waals surface area contributed by atoms with Gasteiger partial charge in [-0.05, 0) is 55.8 Å². The van der Waals surface area contributed by atoms with Gasteiger partial charge in [0.15, 0.2) is 0 Å². The fourth-order valence-corrected chi connectivity index (χ4v) is 5.38. The van der Waals surface area contributed by atoms with E-state index in [1.165, 1.54) is 24.8 Å². The molecule has 1 aliphatic heterocycles. The molecule has 1 aliphatic carbocycles. The second kappa shape index (κ2) is 8.86. The number of benzene rings is 2. The van der Waals surface area contributed by atoms with E-state index < -0.39 is 12.5 Å². The molecule has 1 saturated carbocycles. The van der Waals surface area contributed by atoms with E-state index in [0.717, 1.165) is 42.4 Å². The van der Waals surface area contributed by atoms with Gasteiger partial charge in [-0.1, -0.05) is 36.4 Å². The molecule has 33 heavy (non-hydrogen) atoms. The van der Waals surface area contributed by atoms with E-state index in [4.69, 9.17) is 9.72 Å². The topological polar surface area (TPSA) is 56.1 Å². The molecule has 1 N–H and O–H groups in total. The van der Waals surface area contributed by atoms with Gasteiger partial charge in [0.05, 0.1) is 30.6 Å². The van der Waals surface area contributed by atoms with Crippen molar-refractivity contribution < 1.29 is 18.3 Å². The predicted octanol–water partition coefficient (Wildman–Crippen LogP) is 4.92. The number of rotatable bonds is 5. The average molecular weight is 454 g/mol. The summed E-state index contributed by atoms with van der Waals surface area (Å²) in [5.41, 5.74) is 3.95. The lowest BCUT2D eigenvalue weighted by Crippen LogP contribution is -2.26. The lowest BCUT2D eigenvalue weighted by Gasteiger charge is -2.28. The highest BCUT2D eigenvalue weighted by molar-refractivity contribution is 5.81. The number of ether oxygens (including phenoxy) is 1. The van der Waals surface area contributed by atoms with Crippen LogP contribution >= 0.6 is 0 Å². The molecule has 0 radical (unpaired) electrons. The summed E-state index contributed by atoms with van der Waals surface area (Å²) >= 11 is 0. The Labute approximate surface area is 192 Å². The fraction of sp³-hybridized carbons (Fsp3) is 0.462. The number of esters is 1. The smallest absolute Gasteiger partial charge is 0.308 e. The van der Waals surface area contributed by atoms with Gasteiger partial charge in [0, 0.05) is 18.0 Å². The van der Waals surface area contributed by atoms with E-state index in [0.29, 0.717) is 25.2 Å². The Hall–Kier alpha value is -2.80. The Kier molecular flexibility index (Phi) is 5.91. The van der Waals surface area contributed by atoms with Crippen LogP contribution in [-0.2, 0) is 35.0 Å². The van der Waals surface area contributed by atoms with Crippen molar-refractivity contribution in [2.75, 3.05) is 13.7 Å². The fourth-order valence-electron chi connectivity index (χ4n) is 5.38. The Morgan fingerprint density at radius 1 is 1.15 bits per heavy atom. The van der Waals surface area contributed by atoms with Gasteiger partial charge in [0.25, 0.3) is 5.92 Å². The Morgan fingerprint density at radius 2 is 1.91 bits per heavy atom. The number of carbonyl (C=O) groups excluding carboxylic acids is 1. The SMILES string of the molecule is COC(=O)[C@H]1CC[C@H](c2nc3c4c(ccc3n2CC(F)(F)c2ccccc2)CCNC4)CC1. The van der Waals surface area contributed by atoms with Crippen LogP contribution in [0.5, 0.6) is 0 Å². The highest BCUT2D eigenvalue weighted by Gasteiger charge is 2.36. The van der Waals surface area contributed by atoms with Crippen LogP contribution in [0.25, 0.3) is 11.0 Å². The van der Waals surface area contributed by atoms with Gasteiger partial charge in [0.2, 0.25) is 0 Å². The van der Waals surface area contributed by atoms with Crippen molar-refractivity contribution in [1.82, 2.24) is 14.9 Å². The van der Waals surface area contributed by atoms with Crippen molar-refractivity contribution in [3.63, 3.8) is 0 Å². The second-order valence-corrected chi connectivity index (χ2v) is 9.20. The number of nitrogens with one attached hydrogen (secondary N) is 1. The third kappa shape index (κ3) is 4.14. The first-order chi connectivity index (χ1) is 16.0. The normalized spacial score (nSPS) is 21.1. The molecule has 5 nitrogen and oxygen atoms in total. The lowest BCUT2D eigenvalue weighted by molar-refractivity contribution is -0.146. The summed E-state index contributed by atoms with van der Waals surface area (Å²) in [5.74, 6) is -2.58. The average Bonchev–Trinajstić information content (AvgIpc) is 3.22. The molecule has 5 rings (SSSR count). The molecule has 1 aromatic heterocycles. The molecule has 174 valence electrons. The third-order valence-electron chi connectivity index (χ3n) is 7.20. The molecule has 7 heteroatoms. The number of alkyl halides is 2. The van der Waals surface area contributed by atoms with Crippen LogP contribution in [0.2, 0.25) is 0 Å². The Balaban J connectivity index is 1.55. The molecule has 0 bridgehead atoms. The number of imidazole rings is 1. The zero-order valence-electron chi connectivity index (χ0n) is 18.8. The van der Waals surface area contributed by atoms with Gasteiger partial charge in [-0.15, -0.1) is 0 Å². The summed E-state index contributed by atoms with van der Waals surface area (Å²) in [4.78, 5) is 17.0. The maximum absolute atomic E-state index is 15.4. The maximum atomic E-state index is 15.4. The summed E-state index contributed by atoms with van der Waals surface area (Å²) < 4.78 is 37.5. The molecule has 2 aliphatic rings. The van der Waals surface area contributed by atoms with Crippen LogP contribution in [0.1, 0.15) is 54.1 Å². The molecule has 1 fully saturated rings. The molecule has 2 heterocycles. The van der Waals surface area contributed by atoms with Gasteiger partial charge in [0.1, 0.15) is 5.82 Å². The lowest BCUT2D eigenvalue weighted by atomic mass is 9.81. The zero-order chi connectivity index (χ0) is 23.0. The minimum absolute atomic E-state index is 0.00632. The molecular weight excluding hydrogens is 424 g/mol. The second-order valence-electron chi connectivity index (χ2n) is 9.20. The molecule has 0 unspecified atom stereocenters. The quantitative estimate of drug-likeness (QED) is 0.557. The minimum atomic E-state index is -3.03. The predicted molar refractivity (Wildman–Crippen MR) is 122 cm³/mol. The molecule has 0 atom stereocenters. The first-order valence-electron chi connectivity index (χ1n) is 11.7. The Morgan fingerprint density at radius 3 is 2.64 bits per heavy atom. The summed E-state index contributed by atoms with van der Waals surface area (Å²) in [7, 11) is 1.41. The van der Waals surface area contributed by atoms with Crippen LogP contribution in [0.4, 0.5) is 8.78 Å². The van der Waals surface area contributed by atoms with Crippen molar-refractivity contribution in [1.29, 1.82) is 0 Å². The number of nitrogens with zero attached hydrogens (tertiary/aromatic N) is 2. The zero-order valence-corrected chi connectivity index (χ0v) is 18.8. The Bertz CT molecular complexity index is 1150. The first-order valence-corrected chi connectivity index (χ1v) is 11.7. The van der Waals surface area contributed by atoms with E-state index in [2.05, 4.69) is 11.4 Å². The van der Waals surface area contributed by atoms with Crippen molar-refractivity contribution in [2.45, 2.75) is 57.0 Å². The molecule has 0 amide bonds. The molecule has 3 aromatic rings. The third-order valence-corrected chi connectivity index (χ3v) is 7.20. The van der Waals surface area contributed by atoms with Gasteiger partial charge < -0.3 is 14.6 Å². The van der Waals surface area contributed by atoms with Gasteiger partial charge in [-0.2, -0.15) is 8.78 Å². The number of aromatic nitrogens is 2. The van der Waals surface area contributed by atoms with Crippen molar-refractivity contribution in [2.24, 2.45) is 5.92 Å². The highest BCUT2D eigenvalue weighted by atomic mass is 19.3. The maximum Gasteiger partial charge on any atom is 0.308 e. The standard InChI is InChI=1S/C26H29F2N3O2/c1-33-25(32)19-9-7-18(8-10-19)24-30-23-21-15-29-14-13-17(21)11-12-22(23)31(24)16-26(27,28)20-5-3-2-4-6-20/h2-6,11-12,18-19,29H,7-10,13-16H2,1H3/t18-,19-. The van der Waals surface area contributed by atoms with Crippen LogP contribution in [0.15, 0.2) is 42.5 Å². The van der Waals surface area contributed by atoms with E-state index in [-0.39, 0.29) is 23.4 Å². The number of carbonyl (C=O) groups is 1. The number of hydrogen-bond acceptors (Lipinski definition) is 4. The van der Waals surface area contributed by atoms with Crippen molar-refractivity contribution in [3.8, 4) is 0 Å². The van der Waals surface area contributed by atoms with E-state index in [1.54, 1.807) is 22.8 Å². The summed E-state index contributed by atoms with van der Waals surface area (Å²) in [6.07, 6.45) is 3.77. The summed E-state index contributed by atoms with van der Waals surface area (Å²) in [5, 5.41) is 3.39. The molecule has 0 saturated heterocycles. The number of fused-ring (bicyclic) bond motifs is 3. The van der Waals surface area contributed by atoms with Crippen LogP contribution in [0.3, 0.4) is 0 Å². The van der Waals surface area contributed by atoms with Crippen LogP contribution < -0.4 is 5.32 Å². The van der Waals surface area contributed by atoms with Crippen LogP contribution in [0, 0.1) is 5.92 Å². The summed E-state index contributed by atoms with van der Waals surface area (Å²) in [6.45, 7) is 1.16. The molecule has 0 spiro atoms. The van der Waals surface area contributed by atoms with E-state index >= 15 is 8.78 Å².